The Morgan fingerprint density at radius 2 is 1.69 bits per heavy atom. The quantitative estimate of drug-likeness (QED) is 0.216. The Labute approximate surface area is 173 Å². The first-order valence-electron chi connectivity index (χ1n) is 7.93. The first kappa shape index (κ1) is 23.2. The van der Waals surface area contributed by atoms with Crippen molar-refractivity contribution in [3.05, 3.63) is 32.7 Å². The van der Waals surface area contributed by atoms with Crippen LogP contribution in [0, 0.1) is 0 Å². The molecule has 0 amide bonds. The number of ether oxygens (including phenoxy) is 3. The third-order valence-corrected chi connectivity index (χ3v) is 3.88. The molecule has 0 fully saturated rings. The molecular formula is C17H21Cl4NO4. The lowest BCUT2D eigenvalue weighted by Crippen LogP contribution is -2.02. The number of halogens is 4. The molecular weight excluding hydrogens is 424 g/mol. The molecule has 1 rings (SSSR count). The van der Waals surface area contributed by atoms with Crippen molar-refractivity contribution < 1.29 is 19.0 Å². The molecule has 0 N–H and O–H groups in total. The van der Waals surface area contributed by atoms with Gasteiger partial charge in [-0.1, -0.05) is 51.6 Å². The maximum absolute atomic E-state index is 6.20. The van der Waals surface area contributed by atoms with Crippen molar-refractivity contribution in [2.24, 2.45) is 5.16 Å². The molecule has 0 aliphatic heterocycles. The van der Waals surface area contributed by atoms with E-state index in [-0.39, 0.29) is 11.1 Å². The zero-order chi connectivity index (χ0) is 19.2. The van der Waals surface area contributed by atoms with Crippen LogP contribution in [0.1, 0.15) is 19.3 Å². The first-order chi connectivity index (χ1) is 12.5. The smallest absolute Gasteiger partial charge is 0.156 e. The molecule has 1 aromatic rings. The van der Waals surface area contributed by atoms with E-state index in [0.717, 1.165) is 19.3 Å². The summed E-state index contributed by atoms with van der Waals surface area (Å²) in [6.07, 6.45) is 5.84. The van der Waals surface area contributed by atoms with Crippen LogP contribution in [-0.4, -0.2) is 39.8 Å². The number of benzene rings is 1. The van der Waals surface area contributed by atoms with Gasteiger partial charge in [-0.2, -0.15) is 0 Å². The Balaban J connectivity index is 2.28. The van der Waals surface area contributed by atoms with E-state index in [1.807, 2.05) is 0 Å². The zero-order valence-electron chi connectivity index (χ0n) is 14.4. The van der Waals surface area contributed by atoms with Crippen molar-refractivity contribution in [2.75, 3.05) is 33.5 Å². The lowest BCUT2D eigenvalue weighted by molar-refractivity contribution is 0.160. The van der Waals surface area contributed by atoms with Gasteiger partial charge in [-0.05, 0) is 25.3 Å². The molecule has 26 heavy (non-hydrogen) atoms. The lowest BCUT2D eigenvalue weighted by atomic mass is 10.2. The Hall–Kier alpha value is -0.850. The number of rotatable bonds is 13. The second kappa shape index (κ2) is 14.2. The highest BCUT2D eigenvalue weighted by Crippen LogP contribution is 2.37. The fourth-order valence-corrected chi connectivity index (χ4v) is 2.56. The van der Waals surface area contributed by atoms with Gasteiger partial charge in [-0.3, -0.25) is 0 Å². The topological polar surface area (TPSA) is 49.3 Å². The van der Waals surface area contributed by atoms with Crippen LogP contribution < -0.4 is 9.47 Å². The molecule has 0 aliphatic carbocycles. The molecule has 5 nitrogen and oxygen atoms in total. The molecule has 9 heteroatoms. The molecule has 0 saturated carbocycles. The number of hydrogen-bond donors (Lipinski definition) is 0. The van der Waals surface area contributed by atoms with E-state index in [0.29, 0.717) is 41.4 Å². The van der Waals surface area contributed by atoms with Gasteiger partial charge in [-0.25, -0.2) is 0 Å². The number of oxime groups is 1. The summed E-state index contributed by atoms with van der Waals surface area (Å²) in [6.45, 7) is 1.82. The summed E-state index contributed by atoms with van der Waals surface area (Å²) in [5.74, 6) is 0.950. The number of hydrogen-bond acceptors (Lipinski definition) is 5. The highest BCUT2D eigenvalue weighted by molar-refractivity contribution is 6.55. The van der Waals surface area contributed by atoms with Crippen LogP contribution in [-0.2, 0) is 9.57 Å². The third kappa shape index (κ3) is 10.3. The Kier molecular flexibility index (Phi) is 12.7. The Morgan fingerprint density at radius 3 is 2.35 bits per heavy atom. The molecule has 0 bridgehead atoms. The number of unbranched alkanes of at least 4 members (excludes halogenated alkanes) is 2. The average Bonchev–Trinajstić information content (AvgIpc) is 2.58. The monoisotopic (exact) mass is 443 g/mol. The van der Waals surface area contributed by atoms with Crippen molar-refractivity contribution in [3.8, 4) is 11.5 Å². The molecule has 146 valence electrons. The van der Waals surface area contributed by atoms with Gasteiger partial charge in [0.05, 0.1) is 29.5 Å². The summed E-state index contributed by atoms with van der Waals surface area (Å²) in [7, 11) is 1.49. The van der Waals surface area contributed by atoms with E-state index in [2.05, 4.69) is 9.99 Å². The highest BCUT2D eigenvalue weighted by atomic mass is 35.5. The maximum Gasteiger partial charge on any atom is 0.156 e. The predicted molar refractivity (Wildman–Crippen MR) is 107 cm³/mol. The van der Waals surface area contributed by atoms with Crippen molar-refractivity contribution in [1.82, 2.24) is 0 Å². The normalized spacial score (nSPS) is 10.8. The summed E-state index contributed by atoms with van der Waals surface area (Å²) in [4.78, 5) is 4.53. The molecule has 0 atom stereocenters. The van der Waals surface area contributed by atoms with Crippen molar-refractivity contribution in [2.45, 2.75) is 19.3 Å². The lowest BCUT2D eigenvalue weighted by Gasteiger charge is -2.12. The van der Waals surface area contributed by atoms with Crippen LogP contribution in [0.25, 0.3) is 0 Å². The summed E-state index contributed by atoms with van der Waals surface area (Å²) in [5, 5.41) is 4.35. The first-order valence-corrected chi connectivity index (χ1v) is 9.44. The van der Waals surface area contributed by atoms with E-state index in [1.54, 1.807) is 18.3 Å². The van der Waals surface area contributed by atoms with Crippen molar-refractivity contribution in [3.63, 3.8) is 0 Å². The fourth-order valence-electron chi connectivity index (χ4n) is 1.86. The number of nitrogens with zero attached hydrogens (tertiary/aromatic N) is 1. The second-order valence-corrected chi connectivity index (χ2v) is 6.80. The van der Waals surface area contributed by atoms with E-state index in [1.165, 1.54) is 13.2 Å². The molecule has 0 aromatic heterocycles. The van der Waals surface area contributed by atoms with Crippen LogP contribution >= 0.6 is 46.4 Å². The van der Waals surface area contributed by atoms with Gasteiger partial charge in [0.25, 0.3) is 0 Å². The minimum Gasteiger partial charge on any atom is -0.490 e. The van der Waals surface area contributed by atoms with Gasteiger partial charge < -0.3 is 19.0 Å². The molecule has 0 spiro atoms. The third-order valence-electron chi connectivity index (χ3n) is 3.01. The van der Waals surface area contributed by atoms with Crippen molar-refractivity contribution in [1.29, 1.82) is 0 Å². The summed E-state index contributed by atoms with van der Waals surface area (Å²) < 4.78 is 16.6. The van der Waals surface area contributed by atoms with Crippen LogP contribution in [0.5, 0.6) is 11.5 Å². The van der Waals surface area contributed by atoms with Gasteiger partial charge in [0, 0.05) is 18.7 Å². The molecule has 0 radical (unpaired) electrons. The van der Waals surface area contributed by atoms with Crippen LogP contribution in [0.4, 0.5) is 0 Å². The fraction of sp³-hybridized carbons (Fsp3) is 0.471. The van der Waals surface area contributed by atoms with Gasteiger partial charge in [0.15, 0.2) is 5.75 Å². The van der Waals surface area contributed by atoms with Crippen LogP contribution in [0.15, 0.2) is 27.9 Å². The van der Waals surface area contributed by atoms with E-state index in [4.69, 9.17) is 60.6 Å². The van der Waals surface area contributed by atoms with Gasteiger partial charge in [0.1, 0.15) is 24.0 Å². The second-order valence-electron chi connectivity index (χ2n) is 4.98. The van der Waals surface area contributed by atoms with E-state index < -0.39 is 0 Å². The average molecular weight is 445 g/mol. The van der Waals surface area contributed by atoms with Gasteiger partial charge in [-0.15, -0.1) is 0 Å². The molecule has 0 unspecified atom stereocenters. The minimum atomic E-state index is 0.135. The zero-order valence-corrected chi connectivity index (χ0v) is 17.4. The maximum atomic E-state index is 6.20. The summed E-state index contributed by atoms with van der Waals surface area (Å²) in [5.41, 5.74) is 0. The van der Waals surface area contributed by atoms with Crippen LogP contribution in [0.2, 0.25) is 10.0 Å². The van der Waals surface area contributed by atoms with Crippen molar-refractivity contribution >= 4 is 52.6 Å². The molecule has 1 aromatic carbocycles. The Morgan fingerprint density at radius 1 is 1.00 bits per heavy atom. The molecule has 0 heterocycles. The standard InChI is InChI=1S/C17H21Cl4NO4/c1-23-22-6-10-24-7-3-2-4-8-26-17-14(18)11-13(12-15(17)19)25-9-5-16(20)21/h5-6,11-12H,2-4,7-10H2,1H3/b22-6+. The predicted octanol–water partition coefficient (Wildman–Crippen LogP) is 5.89. The molecule has 0 saturated heterocycles. The highest BCUT2D eigenvalue weighted by Gasteiger charge is 2.10. The van der Waals surface area contributed by atoms with E-state index in [9.17, 15) is 0 Å². The van der Waals surface area contributed by atoms with E-state index >= 15 is 0 Å². The van der Waals surface area contributed by atoms with Crippen LogP contribution in [0.3, 0.4) is 0 Å². The van der Waals surface area contributed by atoms with Gasteiger partial charge >= 0.3 is 0 Å². The minimum absolute atomic E-state index is 0.135. The summed E-state index contributed by atoms with van der Waals surface area (Å²) >= 11 is 23.4. The largest absolute Gasteiger partial charge is 0.490 e. The Bertz CT molecular complexity index is 569. The molecule has 0 aliphatic rings. The SMILES string of the molecule is CO/N=C/COCCCCCOc1c(Cl)cc(OCC=C(Cl)Cl)cc1Cl. The summed E-state index contributed by atoms with van der Waals surface area (Å²) in [6, 6.07) is 3.27. The van der Waals surface area contributed by atoms with Gasteiger partial charge in [0.2, 0.25) is 0 Å².